The van der Waals surface area contributed by atoms with Gasteiger partial charge < -0.3 is 22.5 Å². The molecule has 0 amide bonds. The molecule has 0 aliphatic carbocycles. The van der Waals surface area contributed by atoms with Crippen molar-refractivity contribution in [3.8, 4) is 0 Å². The minimum Gasteiger partial charge on any atom is -0.392 e. The summed E-state index contributed by atoms with van der Waals surface area (Å²) in [5, 5.41) is 1.71. The van der Waals surface area contributed by atoms with Crippen molar-refractivity contribution in [3.63, 3.8) is 0 Å². The van der Waals surface area contributed by atoms with E-state index in [0.717, 1.165) is 0 Å². The van der Waals surface area contributed by atoms with Gasteiger partial charge in [0.15, 0.2) is 8.32 Å². The summed E-state index contributed by atoms with van der Waals surface area (Å²) in [5.74, 6) is 0. The van der Waals surface area contributed by atoms with Crippen LogP contribution in [0.15, 0.2) is 5.11 Å². The average Bonchev–Trinajstić information content (AvgIpc) is 2.75. The lowest BCUT2D eigenvalue weighted by Gasteiger charge is -2.49. The van der Waals surface area contributed by atoms with Gasteiger partial charge >= 0.3 is 15.2 Å². The topological polar surface area (TPSA) is 129 Å². The van der Waals surface area contributed by atoms with Crippen molar-refractivity contribution in [2.45, 2.75) is 117 Å². The molecule has 0 radical (unpaired) electrons. The van der Waals surface area contributed by atoms with Gasteiger partial charge in [0.2, 0.25) is 0 Å². The van der Waals surface area contributed by atoms with Crippen molar-refractivity contribution in [1.29, 1.82) is 0 Å². The molecule has 0 fully saturated rings. The number of rotatable bonds is 18. The minimum absolute atomic E-state index is 0.0428. The van der Waals surface area contributed by atoms with Gasteiger partial charge in [-0.25, -0.2) is 0 Å². The molecule has 35 heavy (non-hydrogen) atoms. The zero-order chi connectivity index (χ0) is 27.6. The molecule has 10 nitrogen and oxygen atoms in total. The van der Waals surface area contributed by atoms with E-state index in [-0.39, 0.29) is 44.3 Å². The van der Waals surface area contributed by atoms with Crippen molar-refractivity contribution in [3.05, 3.63) is 10.4 Å². The van der Waals surface area contributed by atoms with Crippen molar-refractivity contribution in [2.75, 3.05) is 26.4 Å². The Balaban J connectivity index is 7.52. The van der Waals surface area contributed by atoms with E-state index in [4.69, 9.17) is 22.5 Å². The second-order valence-electron chi connectivity index (χ2n) is 9.89. The molecule has 0 rings (SSSR count). The van der Waals surface area contributed by atoms with Crippen LogP contribution in [0.1, 0.15) is 88.0 Å². The van der Waals surface area contributed by atoms with Crippen LogP contribution in [-0.2, 0) is 31.7 Å². The van der Waals surface area contributed by atoms with Crippen LogP contribution in [0, 0.1) is 0 Å². The van der Waals surface area contributed by atoms with Gasteiger partial charge in [0.25, 0.3) is 5.08 Å². The van der Waals surface area contributed by atoms with Crippen LogP contribution >= 0.6 is 15.2 Å². The average molecular weight is 558 g/mol. The molecule has 0 unspecified atom stereocenters. The summed E-state index contributed by atoms with van der Waals surface area (Å²) < 4.78 is 59.6. The van der Waals surface area contributed by atoms with Gasteiger partial charge in [0.1, 0.15) is 0 Å². The van der Waals surface area contributed by atoms with Gasteiger partial charge in [0.05, 0.1) is 26.4 Å². The summed E-state index contributed by atoms with van der Waals surface area (Å²) in [7, 11) is -11.3. The second-order valence-corrected chi connectivity index (χ2v) is 19.4. The van der Waals surface area contributed by atoms with Gasteiger partial charge in [-0.05, 0) is 77.0 Å². The lowest BCUT2D eigenvalue weighted by Crippen LogP contribution is -2.51. The molecule has 0 saturated carbocycles. The van der Waals surface area contributed by atoms with Crippen LogP contribution in [0.3, 0.4) is 0 Å². The van der Waals surface area contributed by atoms with Gasteiger partial charge in [0, 0.05) is 10.5 Å². The first-order valence-corrected chi connectivity index (χ1v) is 18.6. The molecule has 0 aliphatic rings. The van der Waals surface area contributed by atoms with Gasteiger partial charge in [-0.2, -0.15) is 0 Å². The molecule has 0 aromatic heterocycles. The molecule has 13 heteroatoms. The zero-order valence-electron chi connectivity index (χ0n) is 23.8. The first-order valence-electron chi connectivity index (χ1n) is 12.6. The normalized spacial score (nSPS) is 14.1. The molecule has 0 aromatic rings. The Kier molecular flexibility index (Phi) is 14.0. The number of hydrogen-bond acceptors (Lipinski definition) is 8. The molecule has 0 bridgehead atoms. The number of azide groups is 1. The molecule has 0 N–H and O–H groups in total. The van der Waals surface area contributed by atoms with E-state index in [1.54, 1.807) is 27.7 Å². The Morgan fingerprint density at radius 1 is 0.771 bits per heavy atom. The highest BCUT2D eigenvalue weighted by Gasteiger charge is 2.69. The van der Waals surface area contributed by atoms with Gasteiger partial charge in [-0.1, -0.05) is 39.7 Å². The van der Waals surface area contributed by atoms with E-state index in [0.29, 0.717) is 12.8 Å². The predicted octanol–water partition coefficient (Wildman–Crippen LogP) is 8.84. The smallest absolute Gasteiger partial charge is 0.373 e. The third kappa shape index (κ3) is 7.89. The summed E-state index contributed by atoms with van der Waals surface area (Å²) in [5.41, 5.74) is 8.47. The molecule has 0 aliphatic heterocycles. The summed E-state index contributed by atoms with van der Waals surface area (Å²) in [6, 6.07) is 0. The largest absolute Gasteiger partial charge is 0.392 e. The van der Waals surface area contributed by atoms with Gasteiger partial charge in [-0.15, -0.1) is 0 Å². The minimum atomic E-state index is -4.27. The highest BCUT2D eigenvalue weighted by Crippen LogP contribution is 2.81. The highest BCUT2D eigenvalue weighted by atomic mass is 31.2. The molecule has 0 aromatic carbocycles. The Morgan fingerprint density at radius 2 is 1.14 bits per heavy atom. The summed E-state index contributed by atoms with van der Waals surface area (Å²) in [6.07, 6.45) is 1.23. The lowest BCUT2D eigenvalue weighted by atomic mass is 9.89. The Hall–Kier alpha value is -0.213. The highest BCUT2D eigenvalue weighted by molar-refractivity contribution is 7.74. The number of nitrogens with zero attached hydrogens (tertiary/aromatic N) is 3. The summed E-state index contributed by atoms with van der Waals surface area (Å²) in [6.45, 7) is 20.8. The first-order chi connectivity index (χ1) is 16.1. The SMILES string of the molecule is CCOP(=O)(OCC)C(CCC(CC)(CC)N=[N+]=[N-])(O[Si](C)(C)C(C)(C)C)P(=O)(OCC)OCC. The Morgan fingerprint density at radius 3 is 1.40 bits per heavy atom. The molecular formula is C22H49N3O7P2Si. The first kappa shape index (κ1) is 34.8. The Labute approximate surface area is 214 Å². The van der Waals surface area contributed by atoms with E-state index in [1.807, 2.05) is 47.7 Å². The van der Waals surface area contributed by atoms with Crippen molar-refractivity contribution >= 4 is 23.5 Å². The lowest BCUT2D eigenvalue weighted by molar-refractivity contribution is 0.0776. The van der Waals surface area contributed by atoms with E-state index < -0.39 is 34.1 Å². The van der Waals surface area contributed by atoms with Crippen molar-refractivity contribution in [2.24, 2.45) is 5.11 Å². The fourth-order valence-corrected chi connectivity index (χ4v) is 12.1. The fraction of sp³-hybridized carbons (Fsp3) is 1.00. The monoisotopic (exact) mass is 557 g/mol. The van der Waals surface area contributed by atoms with E-state index >= 15 is 0 Å². The quantitative estimate of drug-likeness (QED) is 0.0541. The maximum Gasteiger partial charge on any atom is 0.373 e. The number of hydrogen-bond donors (Lipinski definition) is 0. The molecule has 0 saturated heterocycles. The molecule has 0 atom stereocenters. The van der Waals surface area contributed by atoms with Crippen molar-refractivity contribution < 1.29 is 31.7 Å². The molecule has 0 spiro atoms. The van der Waals surface area contributed by atoms with Crippen LogP contribution in [0.2, 0.25) is 18.1 Å². The standard InChI is InChI=1S/C22H49N3O7P2Si/c1-12-21(13-2,24-25-23)18-19-22(32-35(10,11)20(7,8)9,33(26,28-14-3)29-15-4)34(27,30-16-5)31-17-6/h12-19H2,1-11H3. The van der Waals surface area contributed by atoms with Crippen LogP contribution in [0.4, 0.5) is 0 Å². The third-order valence-electron chi connectivity index (χ3n) is 6.77. The Bertz CT molecular complexity index is 744. The second kappa shape index (κ2) is 14.1. The van der Waals surface area contributed by atoms with E-state index in [1.165, 1.54) is 0 Å². The van der Waals surface area contributed by atoms with Crippen LogP contribution in [0.5, 0.6) is 0 Å². The van der Waals surface area contributed by atoms with Crippen LogP contribution in [-0.4, -0.2) is 45.4 Å². The third-order valence-corrected chi connectivity index (χ3v) is 17.8. The van der Waals surface area contributed by atoms with Crippen molar-refractivity contribution in [1.82, 2.24) is 0 Å². The van der Waals surface area contributed by atoms with Crippen LogP contribution < -0.4 is 0 Å². The van der Waals surface area contributed by atoms with E-state index in [9.17, 15) is 14.7 Å². The van der Waals surface area contributed by atoms with Gasteiger partial charge in [-0.3, -0.25) is 9.13 Å². The molecular weight excluding hydrogens is 508 g/mol. The molecule has 0 heterocycles. The fourth-order valence-electron chi connectivity index (χ4n) is 3.59. The maximum atomic E-state index is 14.7. The maximum absolute atomic E-state index is 14.7. The zero-order valence-corrected chi connectivity index (χ0v) is 26.5. The summed E-state index contributed by atoms with van der Waals surface area (Å²) in [4.78, 5) is 3.06. The van der Waals surface area contributed by atoms with E-state index in [2.05, 4.69) is 10.0 Å². The molecule has 208 valence electrons. The van der Waals surface area contributed by atoms with Crippen LogP contribution in [0.25, 0.3) is 10.4 Å². The summed E-state index contributed by atoms with van der Waals surface area (Å²) >= 11 is 0. The predicted molar refractivity (Wildman–Crippen MR) is 144 cm³/mol.